The highest BCUT2D eigenvalue weighted by atomic mass is 32.2. The molecule has 6 nitrogen and oxygen atoms in total. The number of hydrogen-bond acceptors (Lipinski definition) is 5. The fourth-order valence-electron chi connectivity index (χ4n) is 2.61. The van der Waals surface area contributed by atoms with Gasteiger partial charge in [-0.05, 0) is 43.9 Å². The van der Waals surface area contributed by atoms with Gasteiger partial charge in [-0.3, -0.25) is 4.79 Å². The maximum Gasteiger partial charge on any atom is 0.307 e. The van der Waals surface area contributed by atoms with E-state index in [2.05, 4.69) is 0 Å². The van der Waals surface area contributed by atoms with E-state index in [1.807, 2.05) is 6.07 Å². The number of aryl methyl sites for hydroxylation is 1. The average Bonchev–Trinajstić information content (AvgIpc) is 2.61. The van der Waals surface area contributed by atoms with Crippen LogP contribution < -0.4 is 0 Å². The van der Waals surface area contributed by atoms with Crippen molar-refractivity contribution in [3.8, 4) is 6.07 Å². The Hall–Kier alpha value is -1.91. The molecule has 24 heavy (non-hydrogen) atoms. The lowest BCUT2D eigenvalue weighted by Crippen LogP contribution is -2.35. The molecule has 7 heteroatoms. The Morgan fingerprint density at radius 2 is 1.88 bits per heavy atom. The number of rotatable bonds is 6. The van der Waals surface area contributed by atoms with E-state index >= 15 is 0 Å². The van der Waals surface area contributed by atoms with Crippen molar-refractivity contribution < 1.29 is 17.9 Å². The minimum atomic E-state index is -3.42. The summed E-state index contributed by atoms with van der Waals surface area (Å²) in [6, 6.07) is 8.45. The summed E-state index contributed by atoms with van der Waals surface area (Å²) in [4.78, 5) is 11.8. The molecule has 0 radical (unpaired) electrons. The summed E-state index contributed by atoms with van der Waals surface area (Å²) >= 11 is 0. The number of benzene rings is 1. The van der Waals surface area contributed by atoms with Crippen molar-refractivity contribution in [1.29, 1.82) is 5.26 Å². The van der Waals surface area contributed by atoms with Crippen LogP contribution in [0.3, 0.4) is 0 Å². The monoisotopic (exact) mass is 350 g/mol. The molecule has 0 N–H and O–H groups in total. The van der Waals surface area contributed by atoms with Crippen LogP contribution in [0.4, 0.5) is 0 Å². The van der Waals surface area contributed by atoms with E-state index in [4.69, 9.17) is 10.00 Å². The van der Waals surface area contributed by atoms with E-state index in [1.54, 1.807) is 24.3 Å². The van der Waals surface area contributed by atoms with Gasteiger partial charge in [-0.1, -0.05) is 18.6 Å². The summed E-state index contributed by atoms with van der Waals surface area (Å²) in [7, 11) is -3.42. The number of esters is 1. The number of hydrogen-bond donors (Lipinski definition) is 0. The molecule has 130 valence electrons. The smallest absolute Gasteiger partial charge is 0.307 e. The van der Waals surface area contributed by atoms with Crippen LogP contribution in [0, 0.1) is 11.3 Å². The molecule has 0 bridgehead atoms. The first-order chi connectivity index (χ1) is 11.4. The molecular weight excluding hydrogens is 328 g/mol. The number of sulfonamides is 1. The topological polar surface area (TPSA) is 87.5 Å². The molecule has 0 saturated carbocycles. The van der Waals surface area contributed by atoms with Gasteiger partial charge in [-0.25, -0.2) is 8.42 Å². The number of nitrogens with zero attached hydrogens (tertiary/aromatic N) is 2. The second-order valence-corrected chi connectivity index (χ2v) is 7.81. The summed E-state index contributed by atoms with van der Waals surface area (Å²) < 4.78 is 31.5. The van der Waals surface area contributed by atoms with Crippen molar-refractivity contribution in [2.45, 2.75) is 50.0 Å². The molecule has 1 heterocycles. The van der Waals surface area contributed by atoms with Crippen LogP contribution in [0.5, 0.6) is 0 Å². The largest absolute Gasteiger partial charge is 0.447 e. The Labute approximate surface area is 143 Å². The van der Waals surface area contributed by atoms with Crippen LogP contribution in [0.15, 0.2) is 29.2 Å². The quantitative estimate of drug-likeness (QED) is 0.734. The molecule has 2 rings (SSSR count). The molecule has 1 aliphatic rings. The molecule has 0 aromatic heterocycles. The molecule has 1 aromatic rings. The average molecular weight is 350 g/mol. The Morgan fingerprint density at radius 3 is 2.46 bits per heavy atom. The van der Waals surface area contributed by atoms with Crippen LogP contribution in [0.1, 0.15) is 38.2 Å². The highest BCUT2D eigenvalue weighted by Crippen LogP contribution is 2.21. The van der Waals surface area contributed by atoms with Crippen molar-refractivity contribution in [1.82, 2.24) is 4.31 Å². The van der Waals surface area contributed by atoms with E-state index in [0.717, 1.165) is 24.8 Å². The molecule has 1 fully saturated rings. The predicted molar refractivity (Wildman–Crippen MR) is 88.5 cm³/mol. The SMILES string of the molecule is CC(C#N)OC(=O)CCc1ccc(S(=O)(=O)N2CCCCC2)cc1. The summed E-state index contributed by atoms with van der Waals surface area (Å²) in [5.74, 6) is -0.436. The van der Waals surface area contributed by atoms with Gasteiger partial charge in [0.2, 0.25) is 10.0 Å². The molecule has 1 aliphatic heterocycles. The molecule has 0 aliphatic carbocycles. The summed E-state index contributed by atoms with van der Waals surface area (Å²) in [6.07, 6.45) is 2.73. The third-order valence-electron chi connectivity index (χ3n) is 3.98. The molecule has 1 aromatic carbocycles. The minimum absolute atomic E-state index is 0.157. The molecule has 1 saturated heterocycles. The van der Waals surface area contributed by atoms with Gasteiger partial charge in [0.1, 0.15) is 6.07 Å². The Bertz CT molecular complexity index is 701. The van der Waals surface area contributed by atoms with Crippen molar-refractivity contribution >= 4 is 16.0 Å². The third kappa shape index (κ3) is 4.79. The summed E-state index contributed by atoms with van der Waals surface area (Å²) in [5, 5.41) is 8.60. The summed E-state index contributed by atoms with van der Waals surface area (Å²) in [5.41, 5.74) is 0.856. The highest BCUT2D eigenvalue weighted by Gasteiger charge is 2.25. The second-order valence-electron chi connectivity index (χ2n) is 5.87. The second kappa shape index (κ2) is 8.27. The van der Waals surface area contributed by atoms with Gasteiger partial charge in [-0.15, -0.1) is 0 Å². The van der Waals surface area contributed by atoms with Gasteiger partial charge in [0, 0.05) is 19.5 Å². The van der Waals surface area contributed by atoms with Crippen LogP contribution >= 0.6 is 0 Å². The van der Waals surface area contributed by atoms with Gasteiger partial charge in [-0.2, -0.15) is 9.57 Å². The van der Waals surface area contributed by atoms with Gasteiger partial charge < -0.3 is 4.74 Å². The van der Waals surface area contributed by atoms with Crippen LogP contribution in [0.25, 0.3) is 0 Å². The number of nitriles is 1. The first kappa shape index (κ1) is 18.4. The van der Waals surface area contributed by atoms with E-state index < -0.39 is 22.1 Å². The maximum absolute atomic E-state index is 12.5. The zero-order valence-corrected chi connectivity index (χ0v) is 14.6. The van der Waals surface area contributed by atoms with Crippen molar-refractivity contribution in [3.63, 3.8) is 0 Å². The van der Waals surface area contributed by atoms with Crippen LogP contribution in [0.2, 0.25) is 0 Å². The number of carbonyl (C=O) groups is 1. The van der Waals surface area contributed by atoms with E-state index in [-0.39, 0.29) is 11.3 Å². The lowest BCUT2D eigenvalue weighted by Gasteiger charge is -2.25. The Morgan fingerprint density at radius 1 is 1.25 bits per heavy atom. The lowest BCUT2D eigenvalue weighted by atomic mass is 10.1. The molecular formula is C17H22N2O4S. The van der Waals surface area contributed by atoms with Crippen molar-refractivity contribution in [3.05, 3.63) is 29.8 Å². The lowest BCUT2D eigenvalue weighted by molar-refractivity contribution is -0.145. The molecule has 1 atom stereocenters. The van der Waals surface area contributed by atoms with Gasteiger partial charge in [0.05, 0.1) is 4.90 Å². The summed E-state index contributed by atoms with van der Waals surface area (Å²) in [6.45, 7) is 2.66. The van der Waals surface area contributed by atoms with Crippen LogP contribution in [-0.4, -0.2) is 37.9 Å². The van der Waals surface area contributed by atoms with Crippen LogP contribution in [-0.2, 0) is 26.0 Å². The fourth-order valence-corrected chi connectivity index (χ4v) is 4.13. The number of carbonyl (C=O) groups excluding carboxylic acids is 1. The number of piperidine rings is 1. The third-order valence-corrected chi connectivity index (χ3v) is 5.90. The first-order valence-corrected chi connectivity index (χ1v) is 9.55. The van der Waals surface area contributed by atoms with Crippen molar-refractivity contribution in [2.75, 3.05) is 13.1 Å². The van der Waals surface area contributed by atoms with Gasteiger partial charge >= 0.3 is 5.97 Å². The standard InChI is InChI=1S/C17H22N2O4S/c1-14(13-18)23-17(20)10-7-15-5-8-16(9-6-15)24(21,22)19-11-3-2-4-12-19/h5-6,8-9,14H,2-4,7,10-12H2,1H3. The molecule has 0 amide bonds. The number of ether oxygens (including phenoxy) is 1. The normalized spacial score (nSPS) is 17.0. The van der Waals surface area contributed by atoms with Gasteiger partial charge in [0.25, 0.3) is 0 Å². The fraction of sp³-hybridized carbons (Fsp3) is 0.529. The molecule has 0 spiro atoms. The Balaban J connectivity index is 1.95. The van der Waals surface area contributed by atoms with E-state index in [0.29, 0.717) is 19.5 Å². The predicted octanol–water partition coefficient (Wildman–Crippen LogP) is 2.25. The highest BCUT2D eigenvalue weighted by molar-refractivity contribution is 7.89. The maximum atomic E-state index is 12.5. The first-order valence-electron chi connectivity index (χ1n) is 8.11. The minimum Gasteiger partial charge on any atom is -0.447 e. The van der Waals surface area contributed by atoms with Gasteiger partial charge in [0.15, 0.2) is 6.10 Å². The zero-order valence-electron chi connectivity index (χ0n) is 13.8. The van der Waals surface area contributed by atoms with E-state index in [1.165, 1.54) is 11.2 Å². The van der Waals surface area contributed by atoms with Crippen molar-refractivity contribution in [2.24, 2.45) is 0 Å². The van der Waals surface area contributed by atoms with E-state index in [9.17, 15) is 13.2 Å². The molecule has 1 unspecified atom stereocenters. The zero-order chi connectivity index (χ0) is 17.6. The Kier molecular flexibility index (Phi) is 6.35.